The molecule has 55 heavy (non-hydrogen) atoms. The minimum absolute atomic E-state index is 0.648. The first kappa shape index (κ1) is 32.5. The van der Waals surface area contributed by atoms with E-state index in [1.54, 1.807) is 11.3 Å². The van der Waals surface area contributed by atoms with Gasteiger partial charge in [-0.3, -0.25) is 0 Å². The van der Waals surface area contributed by atoms with Gasteiger partial charge >= 0.3 is 0 Å². The molecule has 0 saturated heterocycles. The van der Waals surface area contributed by atoms with E-state index in [1.807, 2.05) is 97.1 Å². The normalized spacial score (nSPS) is 11.3. The third kappa shape index (κ3) is 6.35. The van der Waals surface area contributed by atoms with Gasteiger partial charge in [-0.2, -0.15) is 0 Å². The predicted molar refractivity (Wildman–Crippen MR) is 226 cm³/mol. The highest BCUT2D eigenvalue weighted by Crippen LogP contribution is 2.42. The van der Waals surface area contributed by atoms with E-state index in [1.165, 1.54) is 25.7 Å². The van der Waals surface area contributed by atoms with E-state index in [4.69, 9.17) is 24.9 Å². The SMILES string of the molecule is c1ccc(-c2cc(-c3cccc(-c4cccc5c4sc4cc(-c6nc(-c7ccccc7)nc(-c7ccccc7)n6)ccc45)c3)nc(-c3ccccc3)n2)cc1. The molecule has 3 aromatic heterocycles. The summed E-state index contributed by atoms with van der Waals surface area (Å²) in [6.45, 7) is 0. The van der Waals surface area contributed by atoms with E-state index in [-0.39, 0.29) is 0 Å². The van der Waals surface area contributed by atoms with Crippen molar-refractivity contribution >= 4 is 31.5 Å². The molecule has 6 heteroatoms. The molecule has 0 atom stereocenters. The number of rotatable bonds is 7. The van der Waals surface area contributed by atoms with Crippen molar-refractivity contribution in [2.24, 2.45) is 0 Å². The van der Waals surface area contributed by atoms with Gasteiger partial charge in [-0.1, -0.05) is 170 Å². The van der Waals surface area contributed by atoms with Crippen LogP contribution >= 0.6 is 11.3 Å². The smallest absolute Gasteiger partial charge is 0.164 e. The Labute approximate surface area is 322 Å². The van der Waals surface area contributed by atoms with E-state index < -0.39 is 0 Å². The van der Waals surface area contributed by atoms with Crippen LogP contribution in [0.15, 0.2) is 188 Å². The maximum atomic E-state index is 5.10. The second kappa shape index (κ2) is 14.0. The lowest BCUT2D eigenvalue weighted by molar-refractivity contribution is 1.07. The maximum absolute atomic E-state index is 5.10. The molecule has 0 fully saturated rings. The number of thiophene rings is 1. The van der Waals surface area contributed by atoms with Gasteiger partial charge in [-0.15, -0.1) is 11.3 Å². The van der Waals surface area contributed by atoms with E-state index in [9.17, 15) is 0 Å². The first-order chi connectivity index (χ1) is 27.2. The molecule has 0 amide bonds. The summed E-state index contributed by atoms with van der Waals surface area (Å²) in [5, 5.41) is 2.43. The zero-order valence-electron chi connectivity index (χ0n) is 29.5. The molecule has 3 heterocycles. The van der Waals surface area contributed by atoms with Crippen LogP contribution in [0.4, 0.5) is 0 Å². The van der Waals surface area contributed by atoms with Gasteiger partial charge < -0.3 is 0 Å². The Morgan fingerprint density at radius 1 is 0.291 bits per heavy atom. The van der Waals surface area contributed by atoms with Crippen LogP contribution in [-0.4, -0.2) is 24.9 Å². The van der Waals surface area contributed by atoms with E-state index in [0.29, 0.717) is 23.3 Å². The van der Waals surface area contributed by atoms with Gasteiger partial charge in [0.05, 0.1) is 11.4 Å². The van der Waals surface area contributed by atoms with Crippen molar-refractivity contribution in [3.63, 3.8) is 0 Å². The molecule has 0 bridgehead atoms. The molecule has 0 N–H and O–H groups in total. The summed E-state index contributed by atoms with van der Waals surface area (Å²) in [5.41, 5.74) is 10.0. The number of aromatic nitrogens is 5. The molecule has 0 aliphatic heterocycles. The number of hydrogen-bond acceptors (Lipinski definition) is 6. The minimum Gasteiger partial charge on any atom is -0.228 e. The minimum atomic E-state index is 0.648. The van der Waals surface area contributed by atoms with Crippen molar-refractivity contribution < 1.29 is 0 Å². The van der Waals surface area contributed by atoms with Crippen LogP contribution in [0.1, 0.15) is 0 Å². The van der Waals surface area contributed by atoms with Gasteiger partial charge in [0.25, 0.3) is 0 Å². The molecule has 0 aliphatic carbocycles. The molecule has 0 radical (unpaired) electrons. The fourth-order valence-corrected chi connectivity index (χ4v) is 8.29. The molecule has 7 aromatic carbocycles. The molecule has 10 aromatic rings. The van der Waals surface area contributed by atoms with Crippen molar-refractivity contribution in [3.05, 3.63) is 188 Å². The second-order valence-corrected chi connectivity index (χ2v) is 14.4. The summed E-state index contributed by atoms with van der Waals surface area (Å²) < 4.78 is 2.41. The van der Waals surface area contributed by atoms with Gasteiger partial charge in [0, 0.05) is 53.6 Å². The number of fused-ring (bicyclic) bond motifs is 3. The first-order valence-electron chi connectivity index (χ1n) is 18.2. The highest BCUT2D eigenvalue weighted by Gasteiger charge is 2.17. The quantitative estimate of drug-likeness (QED) is 0.164. The largest absolute Gasteiger partial charge is 0.228 e. The Morgan fingerprint density at radius 2 is 0.764 bits per heavy atom. The van der Waals surface area contributed by atoms with Crippen LogP contribution in [0, 0.1) is 0 Å². The summed E-state index contributed by atoms with van der Waals surface area (Å²) >= 11 is 1.80. The molecule has 0 unspecified atom stereocenters. The van der Waals surface area contributed by atoms with Crippen molar-refractivity contribution in [1.82, 2.24) is 24.9 Å². The van der Waals surface area contributed by atoms with Gasteiger partial charge in [0.2, 0.25) is 0 Å². The average Bonchev–Trinajstić information content (AvgIpc) is 3.66. The molecular formula is C49H31N5S. The predicted octanol–water partition coefficient (Wildman–Crippen LogP) is 12.7. The summed E-state index contributed by atoms with van der Waals surface area (Å²) in [4.78, 5) is 24.9. The average molecular weight is 722 g/mol. The summed E-state index contributed by atoms with van der Waals surface area (Å²) in [6.07, 6.45) is 0. The molecule has 5 nitrogen and oxygen atoms in total. The molecule has 0 aliphatic rings. The molecular weight excluding hydrogens is 691 g/mol. The molecule has 0 spiro atoms. The first-order valence-corrected chi connectivity index (χ1v) is 19.0. The van der Waals surface area contributed by atoms with E-state index >= 15 is 0 Å². The lowest BCUT2D eigenvalue weighted by atomic mass is 9.99. The van der Waals surface area contributed by atoms with Gasteiger partial charge in [0.15, 0.2) is 23.3 Å². The van der Waals surface area contributed by atoms with Crippen LogP contribution in [0.5, 0.6) is 0 Å². The highest BCUT2D eigenvalue weighted by molar-refractivity contribution is 7.26. The second-order valence-electron chi connectivity index (χ2n) is 13.3. The molecule has 10 rings (SSSR count). The van der Waals surface area contributed by atoms with E-state index in [2.05, 4.69) is 91.0 Å². The standard InChI is InChI=1S/C49H31N5S/c1-5-15-32(16-6-1)42-31-43(51-46(50-42)33-17-7-2-8-18-33)37-24-13-23-36(29-37)39-25-14-26-41-40-28-27-38(30-44(40)55-45(39)41)49-53-47(34-19-9-3-10-20-34)52-48(54-49)35-21-11-4-12-22-35/h1-31H. The maximum Gasteiger partial charge on any atom is 0.164 e. The van der Waals surface area contributed by atoms with Crippen molar-refractivity contribution in [2.75, 3.05) is 0 Å². The lowest BCUT2D eigenvalue weighted by Gasteiger charge is -2.11. The van der Waals surface area contributed by atoms with Gasteiger partial charge in [-0.25, -0.2) is 24.9 Å². The molecule has 0 saturated carbocycles. The monoisotopic (exact) mass is 721 g/mol. The Kier molecular flexibility index (Phi) is 8.28. The third-order valence-electron chi connectivity index (χ3n) is 9.75. The van der Waals surface area contributed by atoms with Crippen LogP contribution in [-0.2, 0) is 0 Å². The Bertz CT molecular complexity index is 2850. The fraction of sp³-hybridized carbons (Fsp3) is 0. The molecule has 258 valence electrons. The zero-order chi connectivity index (χ0) is 36.6. The number of nitrogens with zero attached hydrogens (tertiary/aromatic N) is 5. The number of benzene rings is 7. The Hall–Kier alpha value is -7.15. The number of hydrogen-bond donors (Lipinski definition) is 0. The van der Waals surface area contributed by atoms with Crippen LogP contribution in [0.3, 0.4) is 0 Å². The van der Waals surface area contributed by atoms with Crippen molar-refractivity contribution in [1.29, 1.82) is 0 Å². The fourth-order valence-electron chi connectivity index (χ4n) is 7.02. The highest BCUT2D eigenvalue weighted by atomic mass is 32.1. The summed E-state index contributed by atoms with van der Waals surface area (Å²) in [6, 6.07) is 64.6. The van der Waals surface area contributed by atoms with E-state index in [0.717, 1.165) is 50.3 Å². The lowest BCUT2D eigenvalue weighted by Crippen LogP contribution is -1.99. The van der Waals surface area contributed by atoms with Crippen LogP contribution in [0.2, 0.25) is 0 Å². The van der Waals surface area contributed by atoms with Crippen LogP contribution in [0.25, 0.3) is 99.4 Å². The third-order valence-corrected chi connectivity index (χ3v) is 11.0. The Morgan fingerprint density at radius 3 is 1.36 bits per heavy atom. The van der Waals surface area contributed by atoms with Crippen LogP contribution < -0.4 is 0 Å². The summed E-state index contributed by atoms with van der Waals surface area (Å²) in [5.74, 6) is 2.65. The topological polar surface area (TPSA) is 64.5 Å². The van der Waals surface area contributed by atoms with Crippen molar-refractivity contribution in [3.8, 4) is 79.2 Å². The van der Waals surface area contributed by atoms with Gasteiger partial charge in [-0.05, 0) is 29.3 Å². The zero-order valence-corrected chi connectivity index (χ0v) is 30.4. The van der Waals surface area contributed by atoms with Gasteiger partial charge in [0.1, 0.15) is 0 Å². The van der Waals surface area contributed by atoms with Crippen molar-refractivity contribution in [2.45, 2.75) is 0 Å². The Balaban J connectivity index is 1.07. The summed E-state index contributed by atoms with van der Waals surface area (Å²) in [7, 11) is 0.